The van der Waals surface area contributed by atoms with Gasteiger partial charge in [-0.05, 0) is 12.5 Å². The smallest absolute Gasteiger partial charge is 0.311 e. The third-order valence-electron chi connectivity index (χ3n) is 2.54. The maximum atomic E-state index is 10.9. The lowest BCUT2D eigenvalue weighted by Crippen LogP contribution is -2.27. The highest BCUT2D eigenvalue weighted by Gasteiger charge is 2.22. The molecule has 7 heteroatoms. The lowest BCUT2D eigenvalue weighted by Gasteiger charge is -2.20. The van der Waals surface area contributed by atoms with Gasteiger partial charge in [0.15, 0.2) is 0 Å². The van der Waals surface area contributed by atoms with E-state index in [1.54, 1.807) is 0 Å². The van der Waals surface area contributed by atoms with E-state index >= 15 is 0 Å². The van der Waals surface area contributed by atoms with Crippen LogP contribution in [0.25, 0.3) is 0 Å². The first-order valence-corrected chi connectivity index (χ1v) is 5.70. The largest absolute Gasteiger partial charge is 0.380 e. The molecule has 0 spiro atoms. The van der Waals surface area contributed by atoms with Gasteiger partial charge in [0.1, 0.15) is 5.15 Å². The van der Waals surface area contributed by atoms with Gasteiger partial charge < -0.3 is 9.64 Å². The fraction of sp³-hybridized carbons (Fsp3) is 0.500. The number of nitrogens with zero attached hydrogens (tertiary/aromatic N) is 3. The van der Waals surface area contributed by atoms with Crippen LogP contribution in [0.15, 0.2) is 12.1 Å². The van der Waals surface area contributed by atoms with Crippen molar-refractivity contribution in [1.82, 2.24) is 4.98 Å². The Morgan fingerprint density at radius 1 is 1.41 bits per heavy atom. The minimum Gasteiger partial charge on any atom is -0.380 e. The number of pyridine rings is 1. The van der Waals surface area contributed by atoms with Gasteiger partial charge in [-0.3, -0.25) is 10.1 Å². The summed E-state index contributed by atoms with van der Waals surface area (Å²) >= 11 is 5.79. The molecule has 0 N–H and O–H groups in total. The van der Waals surface area contributed by atoms with Crippen LogP contribution in [-0.4, -0.2) is 36.2 Å². The zero-order chi connectivity index (χ0) is 12.3. The maximum Gasteiger partial charge on any atom is 0.311 e. The molecule has 92 valence electrons. The number of nitro groups is 1. The first-order chi connectivity index (χ1) is 8.18. The average Bonchev–Trinajstić information content (AvgIpc) is 2.56. The van der Waals surface area contributed by atoms with E-state index in [0.29, 0.717) is 32.1 Å². The number of hydrogen-bond acceptors (Lipinski definition) is 5. The SMILES string of the molecule is O=[N+]([O-])c1ccc(Cl)nc1N1CCCOCC1. The van der Waals surface area contributed by atoms with Crippen molar-refractivity contribution in [2.45, 2.75) is 6.42 Å². The van der Waals surface area contributed by atoms with E-state index in [9.17, 15) is 10.1 Å². The second-order valence-electron chi connectivity index (χ2n) is 3.69. The molecule has 0 saturated carbocycles. The van der Waals surface area contributed by atoms with Crippen molar-refractivity contribution in [3.8, 4) is 0 Å². The summed E-state index contributed by atoms with van der Waals surface area (Å²) in [6.45, 7) is 2.50. The molecule has 1 aliphatic heterocycles. The van der Waals surface area contributed by atoms with Crippen molar-refractivity contribution in [1.29, 1.82) is 0 Å². The lowest BCUT2D eigenvalue weighted by atomic mass is 10.3. The van der Waals surface area contributed by atoms with E-state index in [1.807, 2.05) is 4.90 Å². The Labute approximate surface area is 103 Å². The summed E-state index contributed by atoms with van der Waals surface area (Å²) in [5.74, 6) is 0.327. The van der Waals surface area contributed by atoms with Gasteiger partial charge in [-0.15, -0.1) is 0 Å². The summed E-state index contributed by atoms with van der Waals surface area (Å²) in [4.78, 5) is 16.4. The van der Waals surface area contributed by atoms with E-state index < -0.39 is 4.92 Å². The number of aromatic nitrogens is 1. The highest BCUT2D eigenvalue weighted by molar-refractivity contribution is 6.29. The second kappa shape index (κ2) is 5.29. The molecule has 2 heterocycles. The van der Waals surface area contributed by atoms with Crippen LogP contribution in [0.1, 0.15) is 6.42 Å². The molecule has 0 aromatic carbocycles. The van der Waals surface area contributed by atoms with Crippen molar-refractivity contribution in [3.05, 3.63) is 27.4 Å². The van der Waals surface area contributed by atoms with Crippen LogP contribution in [0.2, 0.25) is 5.15 Å². The molecule has 0 unspecified atom stereocenters. The topological polar surface area (TPSA) is 68.5 Å². The van der Waals surface area contributed by atoms with Crippen LogP contribution in [0.4, 0.5) is 11.5 Å². The van der Waals surface area contributed by atoms with Crippen LogP contribution in [-0.2, 0) is 4.74 Å². The summed E-state index contributed by atoms with van der Waals surface area (Å²) in [6, 6.07) is 2.81. The minimum atomic E-state index is -0.440. The molecule has 2 rings (SSSR count). The molecule has 0 atom stereocenters. The van der Waals surface area contributed by atoms with Crippen LogP contribution < -0.4 is 4.90 Å². The predicted octanol–water partition coefficient (Wildman–Crippen LogP) is 1.87. The van der Waals surface area contributed by atoms with E-state index in [1.165, 1.54) is 12.1 Å². The summed E-state index contributed by atoms with van der Waals surface area (Å²) in [7, 11) is 0. The maximum absolute atomic E-state index is 10.9. The van der Waals surface area contributed by atoms with E-state index in [2.05, 4.69) is 4.98 Å². The first kappa shape index (κ1) is 12.1. The highest BCUT2D eigenvalue weighted by Crippen LogP contribution is 2.28. The molecule has 6 nitrogen and oxygen atoms in total. The zero-order valence-corrected chi connectivity index (χ0v) is 9.89. The first-order valence-electron chi connectivity index (χ1n) is 5.32. The minimum absolute atomic E-state index is 0.0173. The third kappa shape index (κ3) is 2.83. The summed E-state index contributed by atoms with van der Waals surface area (Å²) < 4.78 is 5.30. The van der Waals surface area contributed by atoms with Crippen LogP contribution >= 0.6 is 11.6 Å². The number of rotatable bonds is 2. The molecule has 1 aromatic heterocycles. The van der Waals surface area contributed by atoms with E-state index in [-0.39, 0.29) is 10.8 Å². The highest BCUT2D eigenvalue weighted by atomic mass is 35.5. The number of halogens is 1. The number of hydrogen-bond donors (Lipinski definition) is 0. The van der Waals surface area contributed by atoms with Gasteiger partial charge in [-0.2, -0.15) is 0 Å². The van der Waals surface area contributed by atoms with Crippen LogP contribution in [0.3, 0.4) is 0 Å². The summed E-state index contributed by atoms with van der Waals surface area (Å²) in [5.41, 5.74) is -0.0173. The Hall–Kier alpha value is -1.40. The predicted molar refractivity (Wildman–Crippen MR) is 63.6 cm³/mol. The molecule has 0 amide bonds. The van der Waals surface area contributed by atoms with Crippen LogP contribution in [0.5, 0.6) is 0 Å². The zero-order valence-electron chi connectivity index (χ0n) is 9.13. The van der Waals surface area contributed by atoms with Crippen molar-refractivity contribution in [2.75, 3.05) is 31.2 Å². The molecule has 0 aliphatic carbocycles. The third-order valence-corrected chi connectivity index (χ3v) is 2.75. The van der Waals surface area contributed by atoms with Crippen molar-refractivity contribution >= 4 is 23.1 Å². The molecule has 1 aliphatic rings. The molecule has 1 aromatic rings. The van der Waals surface area contributed by atoms with E-state index in [4.69, 9.17) is 16.3 Å². The van der Waals surface area contributed by atoms with Gasteiger partial charge in [0.25, 0.3) is 0 Å². The molecular weight excluding hydrogens is 246 g/mol. The van der Waals surface area contributed by atoms with Gasteiger partial charge in [-0.1, -0.05) is 11.6 Å². The Morgan fingerprint density at radius 3 is 3.00 bits per heavy atom. The number of ether oxygens (including phenoxy) is 1. The second-order valence-corrected chi connectivity index (χ2v) is 4.07. The fourth-order valence-corrected chi connectivity index (χ4v) is 1.89. The average molecular weight is 258 g/mol. The molecule has 0 bridgehead atoms. The molecular formula is C10H12ClN3O3. The summed E-state index contributed by atoms with van der Waals surface area (Å²) in [5, 5.41) is 11.2. The van der Waals surface area contributed by atoms with Gasteiger partial charge in [0.2, 0.25) is 5.82 Å². The van der Waals surface area contributed by atoms with Crippen molar-refractivity contribution in [3.63, 3.8) is 0 Å². The van der Waals surface area contributed by atoms with Crippen molar-refractivity contribution < 1.29 is 9.66 Å². The van der Waals surface area contributed by atoms with Gasteiger partial charge in [-0.25, -0.2) is 4.98 Å². The van der Waals surface area contributed by atoms with Gasteiger partial charge in [0, 0.05) is 25.8 Å². The molecule has 1 saturated heterocycles. The lowest BCUT2D eigenvalue weighted by molar-refractivity contribution is -0.384. The van der Waals surface area contributed by atoms with Crippen LogP contribution in [0, 0.1) is 10.1 Å². The quantitative estimate of drug-likeness (QED) is 0.460. The Bertz CT molecular complexity index is 419. The van der Waals surface area contributed by atoms with Gasteiger partial charge >= 0.3 is 5.69 Å². The monoisotopic (exact) mass is 257 g/mol. The normalized spacial score (nSPS) is 16.6. The molecule has 17 heavy (non-hydrogen) atoms. The number of anilines is 1. The van der Waals surface area contributed by atoms with E-state index in [0.717, 1.165) is 6.42 Å². The molecule has 0 radical (unpaired) electrons. The Kier molecular flexibility index (Phi) is 3.75. The standard InChI is InChI=1S/C10H12ClN3O3/c11-9-3-2-8(14(15)16)10(12-9)13-4-1-6-17-7-5-13/h2-3H,1,4-7H2. The van der Waals surface area contributed by atoms with Gasteiger partial charge in [0.05, 0.1) is 11.5 Å². The Balaban J connectivity index is 2.34. The fourth-order valence-electron chi connectivity index (χ4n) is 1.75. The molecule has 1 fully saturated rings. The Morgan fingerprint density at radius 2 is 2.24 bits per heavy atom. The summed E-state index contributed by atoms with van der Waals surface area (Å²) in [6.07, 6.45) is 0.825. The van der Waals surface area contributed by atoms with Crippen molar-refractivity contribution in [2.24, 2.45) is 0 Å².